The molecule has 0 radical (unpaired) electrons. The van der Waals surface area contributed by atoms with Crippen LogP contribution in [-0.4, -0.2) is 24.6 Å². The lowest BCUT2D eigenvalue weighted by Gasteiger charge is -2.28. The van der Waals surface area contributed by atoms with E-state index in [1.54, 1.807) is 50.3 Å². The van der Waals surface area contributed by atoms with Gasteiger partial charge in [-0.15, -0.1) is 0 Å². The quantitative estimate of drug-likeness (QED) is 0.0457. The largest absolute Gasteiger partial charge is 0.0654 e. The van der Waals surface area contributed by atoms with Crippen LogP contribution in [0.1, 0.15) is 246 Å². The van der Waals surface area contributed by atoms with Gasteiger partial charge in [0.1, 0.15) is 0 Å². The lowest BCUT2D eigenvalue weighted by molar-refractivity contribution is 0.531. The molecule has 1 atom stereocenters. The third kappa shape index (κ3) is 32.8. The van der Waals surface area contributed by atoms with Gasteiger partial charge in [-0.05, 0) is 44.9 Å². The molecule has 0 aliphatic rings. The summed E-state index contributed by atoms with van der Waals surface area (Å²) in [7, 11) is 1.35. The first-order valence-electron chi connectivity index (χ1n) is 21.4. The molecule has 0 amide bonds. The number of hydrogen-bond acceptors (Lipinski definition) is 0. The molecule has 0 fully saturated rings. The third-order valence-electron chi connectivity index (χ3n) is 10.3. The van der Waals surface area contributed by atoms with Crippen LogP contribution in [0.3, 0.4) is 0 Å². The minimum atomic E-state index is -0.725. The van der Waals surface area contributed by atoms with E-state index in [0.717, 1.165) is 0 Å². The lowest BCUT2D eigenvalue weighted by atomic mass is 10.0. The van der Waals surface area contributed by atoms with Gasteiger partial charge in [-0.1, -0.05) is 201 Å². The number of hydrogen-bond donors (Lipinski definition) is 0. The molecule has 0 saturated heterocycles. The minimum absolute atomic E-state index is 0.725. The summed E-state index contributed by atoms with van der Waals surface area (Å²) in [4.78, 5) is 0. The van der Waals surface area contributed by atoms with Gasteiger partial charge in [0.05, 0.1) is 18.5 Å². The molecule has 2 heteroatoms. The predicted molar refractivity (Wildman–Crippen MR) is 214 cm³/mol. The van der Waals surface area contributed by atoms with Crippen LogP contribution >= 0.6 is 15.2 Å². The fraction of sp³-hybridized carbons (Fsp3) is 1.00. The molecule has 1 unspecified atom stereocenters. The minimum Gasteiger partial charge on any atom is -0.0654 e. The molecule has 44 heavy (non-hydrogen) atoms. The van der Waals surface area contributed by atoms with Crippen molar-refractivity contribution in [2.75, 3.05) is 24.6 Å². The Kier molecular flexibility index (Phi) is 39.1. The zero-order valence-corrected chi connectivity index (χ0v) is 33.7. The van der Waals surface area contributed by atoms with E-state index in [1.807, 2.05) is 0 Å². The average molecular weight is 656 g/mol. The van der Waals surface area contributed by atoms with Gasteiger partial charge in [-0.25, -0.2) is 0 Å². The fourth-order valence-corrected chi connectivity index (χ4v) is 16.4. The van der Waals surface area contributed by atoms with Gasteiger partial charge in [-0.3, -0.25) is 0 Å². The molecular weight excluding hydrogens is 566 g/mol. The first-order chi connectivity index (χ1) is 21.7. The highest BCUT2D eigenvalue weighted by Crippen LogP contribution is 2.75. The summed E-state index contributed by atoms with van der Waals surface area (Å²) in [5.74, 6) is 0. The third-order valence-corrected chi connectivity index (χ3v) is 19.8. The molecule has 266 valence electrons. The van der Waals surface area contributed by atoms with Crippen molar-refractivity contribution in [3.05, 3.63) is 0 Å². The number of rotatable bonds is 39. The highest BCUT2D eigenvalue weighted by atomic mass is 32.1. The first kappa shape index (κ1) is 44.9. The topological polar surface area (TPSA) is 0 Å². The Morgan fingerprint density at radius 2 is 0.455 bits per heavy atom. The van der Waals surface area contributed by atoms with Crippen molar-refractivity contribution >= 4 is 15.2 Å². The van der Waals surface area contributed by atoms with Gasteiger partial charge in [0.25, 0.3) is 0 Å². The molecule has 0 aliphatic carbocycles. The second-order valence-corrected chi connectivity index (χ2v) is 23.1. The van der Waals surface area contributed by atoms with Crippen molar-refractivity contribution in [2.24, 2.45) is 0 Å². The van der Waals surface area contributed by atoms with Gasteiger partial charge in [0, 0.05) is 21.4 Å². The summed E-state index contributed by atoms with van der Waals surface area (Å²) in [6.45, 7) is 8.67. The van der Waals surface area contributed by atoms with E-state index < -0.39 is 6.95 Å². The van der Waals surface area contributed by atoms with Gasteiger partial charge >= 0.3 is 0 Å². The Hall–Kier alpha value is 0.860. The molecular formula is C42H89P2+. The summed E-state index contributed by atoms with van der Waals surface area (Å²) >= 11 is 0. The molecule has 0 aromatic heterocycles. The molecule has 0 aliphatic heterocycles. The van der Waals surface area contributed by atoms with Crippen LogP contribution in [0.4, 0.5) is 0 Å². The standard InChI is InChI=1S/C42H89P2/c1-5-9-13-17-21-22-23-24-25-26-27-28-29-30-31-35-39-43-44(40-36-32-18-14-10-6-2,41-37-33-19-15-11-7-3)42-38-34-20-16-12-8-4/h43H,5-42H2,1-4H3/q+1. The van der Waals surface area contributed by atoms with E-state index in [9.17, 15) is 0 Å². The van der Waals surface area contributed by atoms with Crippen molar-refractivity contribution in [1.82, 2.24) is 0 Å². The zero-order valence-electron chi connectivity index (χ0n) is 31.8. The maximum absolute atomic E-state index is 2.36. The monoisotopic (exact) mass is 656 g/mol. The highest BCUT2D eigenvalue weighted by Gasteiger charge is 2.35. The Bertz CT molecular complexity index is 463. The van der Waals surface area contributed by atoms with Crippen molar-refractivity contribution in [3.8, 4) is 0 Å². The summed E-state index contributed by atoms with van der Waals surface area (Å²) in [6.07, 6.45) is 57.2. The van der Waals surface area contributed by atoms with Crippen molar-refractivity contribution in [2.45, 2.75) is 246 Å². The second-order valence-electron chi connectivity index (χ2n) is 14.8. The van der Waals surface area contributed by atoms with Crippen LogP contribution < -0.4 is 0 Å². The summed E-state index contributed by atoms with van der Waals surface area (Å²) in [5, 5.41) is 0. The van der Waals surface area contributed by atoms with Crippen molar-refractivity contribution in [1.29, 1.82) is 0 Å². The van der Waals surface area contributed by atoms with E-state index in [2.05, 4.69) is 27.7 Å². The molecule has 0 heterocycles. The smallest absolute Gasteiger partial charge is 0.0614 e. The summed E-state index contributed by atoms with van der Waals surface area (Å²) in [5.41, 5.74) is 0. The molecule has 0 aromatic rings. The van der Waals surface area contributed by atoms with Crippen molar-refractivity contribution in [3.63, 3.8) is 0 Å². The molecule has 0 nitrogen and oxygen atoms in total. The SMILES string of the molecule is CCCCCCCCCCCCCCCCCCP[P+](CCCCCCCC)(CCCCCCCC)CCCCCCCC. The van der Waals surface area contributed by atoms with E-state index in [0.29, 0.717) is 0 Å². The van der Waals surface area contributed by atoms with Gasteiger partial charge in [-0.2, -0.15) is 0 Å². The second kappa shape index (κ2) is 38.3. The summed E-state index contributed by atoms with van der Waals surface area (Å²) < 4.78 is 0. The normalized spacial score (nSPS) is 12.3. The maximum atomic E-state index is 2.36. The molecule has 0 bridgehead atoms. The molecule has 0 N–H and O–H groups in total. The number of unbranched alkanes of at least 4 members (excludes halogenated alkanes) is 30. The molecule has 0 saturated carbocycles. The van der Waals surface area contributed by atoms with Crippen LogP contribution in [-0.2, 0) is 0 Å². The molecule has 0 aromatic carbocycles. The predicted octanol–water partition coefficient (Wildman–Crippen LogP) is 16.9. The lowest BCUT2D eigenvalue weighted by Crippen LogP contribution is -2.06. The Balaban J connectivity index is 4.40. The van der Waals surface area contributed by atoms with E-state index in [4.69, 9.17) is 0 Å². The Morgan fingerprint density at radius 3 is 0.705 bits per heavy atom. The van der Waals surface area contributed by atoms with Gasteiger partial charge in [0.15, 0.2) is 0 Å². The van der Waals surface area contributed by atoms with Crippen molar-refractivity contribution < 1.29 is 0 Å². The Labute approximate surface area is 285 Å². The fourth-order valence-electron chi connectivity index (χ4n) is 7.15. The molecule has 0 rings (SSSR count). The first-order valence-corrected chi connectivity index (χ1v) is 25.7. The van der Waals surface area contributed by atoms with Gasteiger partial charge < -0.3 is 0 Å². The highest BCUT2D eigenvalue weighted by molar-refractivity contribution is 8.31. The summed E-state index contributed by atoms with van der Waals surface area (Å²) in [6, 6.07) is 0. The van der Waals surface area contributed by atoms with E-state index in [1.165, 1.54) is 201 Å². The average Bonchev–Trinajstić information content (AvgIpc) is 3.03. The van der Waals surface area contributed by atoms with Crippen LogP contribution in [0.5, 0.6) is 0 Å². The molecule has 0 spiro atoms. The van der Waals surface area contributed by atoms with Crippen LogP contribution in [0.2, 0.25) is 0 Å². The zero-order chi connectivity index (χ0) is 32.1. The maximum Gasteiger partial charge on any atom is 0.0614 e. The van der Waals surface area contributed by atoms with Gasteiger partial charge in [0.2, 0.25) is 0 Å². The van der Waals surface area contributed by atoms with E-state index >= 15 is 0 Å². The van der Waals surface area contributed by atoms with Crippen LogP contribution in [0.15, 0.2) is 0 Å². The van der Waals surface area contributed by atoms with Crippen LogP contribution in [0, 0.1) is 0 Å². The Morgan fingerprint density at radius 1 is 0.250 bits per heavy atom. The van der Waals surface area contributed by atoms with Crippen LogP contribution in [0.25, 0.3) is 0 Å². The van der Waals surface area contributed by atoms with E-state index in [-0.39, 0.29) is 0 Å².